The fourth-order valence-corrected chi connectivity index (χ4v) is 2.75. The van der Waals surface area contributed by atoms with Crippen LogP contribution in [0.2, 0.25) is 0 Å². The molecule has 0 radical (unpaired) electrons. The van der Waals surface area contributed by atoms with Gasteiger partial charge in [-0.1, -0.05) is 5.16 Å². The van der Waals surface area contributed by atoms with Crippen LogP contribution in [0, 0.1) is 6.92 Å². The molecule has 2 amide bonds. The number of nitrogens with zero attached hydrogens (tertiary/aromatic N) is 4. The molecule has 0 bridgehead atoms. The molecule has 122 valence electrons. The van der Waals surface area contributed by atoms with Gasteiger partial charge >= 0.3 is 11.8 Å². The Bertz CT molecular complexity index is 712. The van der Waals surface area contributed by atoms with Crippen LogP contribution >= 0.6 is 0 Å². The van der Waals surface area contributed by atoms with Crippen LogP contribution < -0.4 is 5.32 Å². The van der Waals surface area contributed by atoms with Gasteiger partial charge in [-0.25, -0.2) is 0 Å². The maximum atomic E-state index is 12.2. The Morgan fingerprint density at radius 2 is 2.09 bits per heavy atom. The summed E-state index contributed by atoms with van der Waals surface area (Å²) in [6.45, 7) is 2.94. The number of amides is 2. The molecule has 2 aromatic heterocycles. The molecule has 8 heteroatoms. The van der Waals surface area contributed by atoms with Crippen LogP contribution in [0.4, 0.5) is 5.82 Å². The van der Waals surface area contributed by atoms with Gasteiger partial charge in [0.05, 0.1) is 11.9 Å². The molecule has 23 heavy (non-hydrogen) atoms. The van der Waals surface area contributed by atoms with E-state index in [1.54, 1.807) is 24.2 Å². The first-order valence-corrected chi connectivity index (χ1v) is 7.56. The quantitative estimate of drug-likeness (QED) is 0.836. The second kappa shape index (κ2) is 6.23. The van der Waals surface area contributed by atoms with E-state index in [1.807, 2.05) is 13.0 Å². The highest BCUT2D eigenvalue weighted by Crippen LogP contribution is 2.28. The van der Waals surface area contributed by atoms with Gasteiger partial charge in [-0.05, 0) is 19.8 Å². The van der Waals surface area contributed by atoms with Gasteiger partial charge in [0.2, 0.25) is 0 Å². The first kappa shape index (κ1) is 15.3. The van der Waals surface area contributed by atoms with Gasteiger partial charge in [0.1, 0.15) is 11.6 Å². The molecular weight excluding hydrogens is 298 g/mol. The lowest BCUT2D eigenvalue weighted by Crippen LogP contribution is -2.44. The molecule has 0 spiro atoms. The van der Waals surface area contributed by atoms with Gasteiger partial charge in [0.25, 0.3) is 0 Å². The minimum absolute atomic E-state index is 0.250. The summed E-state index contributed by atoms with van der Waals surface area (Å²) in [5.74, 6) is 0.450. The highest BCUT2D eigenvalue weighted by atomic mass is 16.5. The van der Waals surface area contributed by atoms with Gasteiger partial charge in [-0.3, -0.25) is 14.3 Å². The molecule has 0 aromatic carbocycles. The SMILES string of the molecule is Cc1cc(C2CCN(C(=O)C(=O)Nc3ccnn3C)CC2)on1. The summed E-state index contributed by atoms with van der Waals surface area (Å²) in [6.07, 6.45) is 3.09. The zero-order valence-electron chi connectivity index (χ0n) is 13.2. The van der Waals surface area contributed by atoms with Crippen molar-refractivity contribution < 1.29 is 14.1 Å². The first-order chi connectivity index (χ1) is 11.0. The lowest BCUT2D eigenvalue weighted by atomic mass is 9.94. The molecule has 0 atom stereocenters. The largest absolute Gasteiger partial charge is 0.361 e. The summed E-state index contributed by atoms with van der Waals surface area (Å²) in [6, 6.07) is 3.57. The van der Waals surface area contributed by atoms with Crippen LogP contribution in [-0.2, 0) is 16.6 Å². The van der Waals surface area contributed by atoms with E-state index in [2.05, 4.69) is 15.6 Å². The Labute approximate surface area is 133 Å². The maximum absolute atomic E-state index is 12.2. The second-order valence-corrected chi connectivity index (χ2v) is 5.73. The molecule has 1 aliphatic rings. The number of carbonyl (C=O) groups is 2. The van der Waals surface area contributed by atoms with Crippen molar-refractivity contribution in [3.05, 3.63) is 29.8 Å². The topological polar surface area (TPSA) is 93.3 Å². The number of likely N-dealkylation sites (tertiary alicyclic amines) is 1. The molecule has 1 fully saturated rings. The molecule has 1 saturated heterocycles. The highest BCUT2D eigenvalue weighted by molar-refractivity contribution is 6.39. The number of aryl methyl sites for hydroxylation is 2. The zero-order chi connectivity index (χ0) is 16.4. The van der Waals surface area contributed by atoms with E-state index in [0.29, 0.717) is 18.9 Å². The van der Waals surface area contributed by atoms with Gasteiger partial charge in [0, 0.05) is 38.2 Å². The number of anilines is 1. The second-order valence-electron chi connectivity index (χ2n) is 5.73. The van der Waals surface area contributed by atoms with Crippen molar-refractivity contribution in [2.75, 3.05) is 18.4 Å². The number of hydrogen-bond donors (Lipinski definition) is 1. The fourth-order valence-electron chi connectivity index (χ4n) is 2.75. The lowest BCUT2D eigenvalue weighted by Gasteiger charge is -2.30. The molecule has 1 N–H and O–H groups in total. The van der Waals surface area contributed by atoms with E-state index in [4.69, 9.17) is 4.52 Å². The molecular formula is C15H19N5O3. The van der Waals surface area contributed by atoms with Gasteiger partial charge in [0.15, 0.2) is 0 Å². The Hall–Kier alpha value is -2.64. The minimum atomic E-state index is -0.637. The smallest absolute Gasteiger partial charge is 0.315 e. The summed E-state index contributed by atoms with van der Waals surface area (Å²) >= 11 is 0. The lowest BCUT2D eigenvalue weighted by molar-refractivity contribution is -0.143. The third kappa shape index (κ3) is 3.25. The normalized spacial score (nSPS) is 15.7. The number of aromatic nitrogens is 3. The van der Waals surface area contributed by atoms with Crippen LogP contribution in [0.3, 0.4) is 0 Å². The van der Waals surface area contributed by atoms with Crippen LogP contribution in [0.15, 0.2) is 22.9 Å². The third-order valence-corrected chi connectivity index (χ3v) is 4.09. The summed E-state index contributed by atoms with van der Waals surface area (Å²) < 4.78 is 6.79. The van der Waals surface area contributed by atoms with E-state index in [0.717, 1.165) is 24.3 Å². The van der Waals surface area contributed by atoms with E-state index in [1.165, 1.54) is 4.68 Å². The maximum Gasteiger partial charge on any atom is 0.315 e. The van der Waals surface area contributed by atoms with Crippen LogP contribution in [0.25, 0.3) is 0 Å². The molecule has 3 heterocycles. The monoisotopic (exact) mass is 317 g/mol. The van der Waals surface area contributed by atoms with E-state index in [9.17, 15) is 9.59 Å². The first-order valence-electron chi connectivity index (χ1n) is 7.56. The number of carbonyl (C=O) groups excluding carboxylic acids is 2. The van der Waals surface area contributed by atoms with Crippen molar-refractivity contribution >= 4 is 17.6 Å². The third-order valence-electron chi connectivity index (χ3n) is 4.09. The van der Waals surface area contributed by atoms with Gasteiger partial charge in [-0.2, -0.15) is 5.10 Å². The van der Waals surface area contributed by atoms with Crippen molar-refractivity contribution in [3.63, 3.8) is 0 Å². The van der Waals surface area contributed by atoms with Gasteiger partial charge in [-0.15, -0.1) is 0 Å². The van der Waals surface area contributed by atoms with E-state index < -0.39 is 11.8 Å². The average Bonchev–Trinajstić information content (AvgIpc) is 3.16. The molecule has 0 saturated carbocycles. The summed E-state index contributed by atoms with van der Waals surface area (Å²) in [7, 11) is 1.70. The van der Waals surface area contributed by atoms with Crippen molar-refractivity contribution in [1.82, 2.24) is 19.8 Å². The van der Waals surface area contributed by atoms with Crippen LogP contribution in [0.5, 0.6) is 0 Å². The minimum Gasteiger partial charge on any atom is -0.361 e. The molecule has 0 unspecified atom stereocenters. The zero-order valence-corrected chi connectivity index (χ0v) is 13.2. The Kier molecular flexibility index (Phi) is 4.14. The fraction of sp³-hybridized carbons (Fsp3) is 0.467. The molecule has 1 aliphatic heterocycles. The number of nitrogens with one attached hydrogen (secondary N) is 1. The average molecular weight is 317 g/mol. The molecule has 8 nitrogen and oxygen atoms in total. The predicted molar refractivity (Wildman–Crippen MR) is 81.6 cm³/mol. The number of piperidine rings is 1. The van der Waals surface area contributed by atoms with Crippen molar-refractivity contribution in [2.45, 2.75) is 25.7 Å². The van der Waals surface area contributed by atoms with Crippen molar-refractivity contribution in [3.8, 4) is 0 Å². The van der Waals surface area contributed by atoms with Crippen LogP contribution in [0.1, 0.15) is 30.2 Å². The Balaban J connectivity index is 1.55. The van der Waals surface area contributed by atoms with Crippen molar-refractivity contribution in [2.24, 2.45) is 7.05 Å². The van der Waals surface area contributed by atoms with Crippen molar-refractivity contribution in [1.29, 1.82) is 0 Å². The van der Waals surface area contributed by atoms with Gasteiger partial charge < -0.3 is 14.7 Å². The number of hydrogen-bond acceptors (Lipinski definition) is 5. The molecule has 2 aromatic rings. The highest BCUT2D eigenvalue weighted by Gasteiger charge is 2.29. The van der Waals surface area contributed by atoms with E-state index in [-0.39, 0.29) is 5.92 Å². The summed E-state index contributed by atoms with van der Waals surface area (Å²) in [5, 5.41) is 10.4. The predicted octanol–water partition coefficient (Wildman–Crippen LogP) is 1.06. The summed E-state index contributed by atoms with van der Waals surface area (Å²) in [4.78, 5) is 25.9. The standard InChI is InChI=1S/C15H19N5O3/c1-10-9-12(23-18-10)11-4-7-20(8-5-11)15(22)14(21)17-13-3-6-16-19(13)2/h3,6,9,11H,4-5,7-8H2,1-2H3,(H,17,21). The Morgan fingerprint density at radius 3 is 2.65 bits per heavy atom. The summed E-state index contributed by atoms with van der Waals surface area (Å²) in [5.41, 5.74) is 0.856. The van der Waals surface area contributed by atoms with E-state index >= 15 is 0 Å². The van der Waals surface area contributed by atoms with Crippen LogP contribution in [-0.4, -0.2) is 44.7 Å². The molecule has 3 rings (SSSR count). The number of rotatable bonds is 2. The Morgan fingerprint density at radius 1 is 1.35 bits per heavy atom. The molecule has 0 aliphatic carbocycles.